The summed E-state index contributed by atoms with van der Waals surface area (Å²) >= 11 is 0. The highest BCUT2D eigenvalue weighted by Gasteiger charge is 2.48. The molecule has 1 aromatic rings. The number of hydrogen-bond donors (Lipinski definition) is 1. The predicted molar refractivity (Wildman–Crippen MR) is 83.2 cm³/mol. The highest BCUT2D eigenvalue weighted by atomic mass is 16.7. The fourth-order valence-electron chi connectivity index (χ4n) is 3.35. The summed E-state index contributed by atoms with van der Waals surface area (Å²) in [4.78, 5) is 25.7. The summed E-state index contributed by atoms with van der Waals surface area (Å²) in [6.45, 7) is 4.69. The summed E-state index contributed by atoms with van der Waals surface area (Å²) in [6, 6.07) is 1.32. The molecule has 7 heteroatoms. The Morgan fingerprint density at radius 3 is 2.91 bits per heavy atom. The van der Waals surface area contributed by atoms with Crippen LogP contribution >= 0.6 is 0 Å². The molecule has 0 radical (unpaired) electrons. The lowest BCUT2D eigenvalue weighted by Crippen LogP contribution is -2.44. The average Bonchev–Trinajstić information content (AvgIpc) is 2.85. The van der Waals surface area contributed by atoms with E-state index in [0.29, 0.717) is 13.0 Å². The molecule has 0 aliphatic carbocycles. The van der Waals surface area contributed by atoms with Crippen LogP contribution in [0.5, 0.6) is 0 Å². The maximum Gasteiger partial charge on any atom is 0.330 e. The van der Waals surface area contributed by atoms with Crippen LogP contribution in [0.15, 0.2) is 21.9 Å². The number of H-pyrrole nitrogens is 1. The summed E-state index contributed by atoms with van der Waals surface area (Å²) in [6.07, 6.45) is 5.10. The Hall–Kier alpha value is -1.44. The van der Waals surface area contributed by atoms with Crippen LogP contribution in [0.25, 0.3) is 0 Å². The number of ether oxygens (including phenoxy) is 3. The lowest BCUT2D eigenvalue weighted by atomic mass is 9.98. The smallest absolute Gasteiger partial charge is 0.330 e. The van der Waals surface area contributed by atoms with Crippen LogP contribution in [0, 0.1) is 0 Å². The maximum absolute atomic E-state index is 12.1. The second-order valence-corrected chi connectivity index (χ2v) is 6.47. The Labute approximate surface area is 134 Å². The second-order valence-electron chi connectivity index (χ2n) is 6.47. The number of aromatic amines is 1. The summed E-state index contributed by atoms with van der Waals surface area (Å²) in [7, 11) is 0. The van der Waals surface area contributed by atoms with E-state index in [-0.39, 0.29) is 12.4 Å². The van der Waals surface area contributed by atoms with Gasteiger partial charge in [0.2, 0.25) is 0 Å². The SMILES string of the molecule is CC[C@@H]1C[C@@](C)(OC2CCCCO2)[C@H](n2ccc(=O)[nH]c2=O)O1. The number of hydrogen-bond acceptors (Lipinski definition) is 5. The van der Waals surface area contributed by atoms with Crippen molar-refractivity contribution in [3.8, 4) is 0 Å². The van der Waals surface area contributed by atoms with Crippen LogP contribution < -0.4 is 11.2 Å². The first kappa shape index (κ1) is 16.4. The molecule has 4 atom stereocenters. The highest BCUT2D eigenvalue weighted by molar-refractivity contribution is 4.96. The van der Waals surface area contributed by atoms with E-state index in [1.54, 1.807) is 0 Å². The van der Waals surface area contributed by atoms with Gasteiger partial charge in [-0.25, -0.2) is 4.79 Å². The Morgan fingerprint density at radius 2 is 2.26 bits per heavy atom. The molecule has 1 unspecified atom stereocenters. The van der Waals surface area contributed by atoms with Gasteiger partial charge < -0.3 is 14.2 Å². The van der Waals surface area contributed by atoms with Crippen molar-refractivity contribution in [2.24, 2.45) is 0 Å². The largest absolute Gasteiger partial charge is 0.353 e. The third kappa shape index (κ3) is 3.41. The van der Waals surface area contributed by atoms with E-state index in [4.69, 9.17) is 14.2 Å². The molecule has 3 heterocycles. The molecule has 0 spiro atoms. The molecule has 0 amide bonds. The lowest BCUT2D eigenvalue weighted by molar-refractivity contribution is -0.242. The van der Waals surface area contributed by atoms with E-state index in [0.717, 1.165) is 25.7 Å². The van der Waals surface area contributed by atoms with Gasteiger partial charge in [-0.3, -0.25) is 14.3 Å². The van der Waals surface area contributed by atoms with Crippen LogP contribution in [-0.4, -0.2) is 34.2 Å². The zero-order valence-electron chi connectivity index (χ0n) is 13.6. The monoisotopic (exact) mass is 324 g/mol. The molecule has 3 rings (SSSR count). The molecule has 128 valence electrons. The van der Waals surface area contributed by atoms with Crippen molar-refractivity contribution in [1.82, 2.24) is 9.55 Å². The van der Waals surface area contributed by atoms with Crippen molar-refractivity contribution < 1.29 is 14.2 Å². The summed E-state index contributed by atoms with van der Waals surface area (Å²) in [5.41, 5.74) is -1.58. The average molecular weight is 324 g/mol. The van der Waals surface area contributed by atoms with Gasteiger partial charge in [0, 0.05) is 25.3 Å². The van der Waals surface area contributed by atoms with Crippen molar-refractivity contribution in [2.45, 2.75) is 70.2 Å². The van der Waals surface area contributed by atoms with Gasteiger partial charge in [0.15, 0.2) is 12.5 Å². The summed E-state index contributed by atoms with van der Waals surface area (Å²) < 4.78 is 19.3. The van der Waals surface area contributed by atoms with E-state index in [1.807, 2.05) is 13.8 Å². The van der Waals surface area contributed by atoms with E-state index in [1.165, 1.54) is 16.8 Å². The zero-order chi connectivity index (χ0) is 16.4. The predicted octanol–water partition coefficient (Wildman–Crippen LogP) is 1.54. The fourth-order valence-corrected chi connectivity index (χ4v) is 3.35. The van der Waals surface area contributed by atoms with Gasteiger partial charge in [-0.15, -0.1) is 0 Å². The van der Waals surface area contributed by atoms with Crippen LogP contribution in [0.3, 0.4) is 0 Å². The maximum atomic E-state index is 12.1. The molecule has 2 fully saturated rings. The van der Waals surface area contributed by atoms with Gasteiger partial charge in [0.05, 0.1) is 6.10 Å². The molecule has 0 saturated carbocycles. The lowest BCUT2D eigenvalue weighted by Gasteiger charge is -2.35. The molecule has 1 N–H and O–H groups in total. The molecule has 7 nitrogen and oxygen atoms in total. The minimum atomic E-state index is -0.676. The molecule has 1 aromatic heterocycles. The highest BCUT2D eigenvalue weighted by Crippen LogP contribution is 2.42. The quantitative estimate of drug-likeness (QED) is 0.908. The van der Waals surface area contributed by atoms with Crippen molar-refractivity contribution in [2.75, 3.05) is 6.61 Å². The number of nitrogens with zero attached hydrogens (tertiary/aromatic N) is 1. The number of nitrogens with one attached hydrogen (secondary N) is 1. The van der Waals surface area contributed by atoms with E-state index in [9.17, 15) is 9.59 Å². The van der Waals surface area contributed by atoms with E-state index in [2.05, 4.69) is 4.98 Å². The van der Waals surface area contributed by atoms with Gasteiger partial charge in [-0.2, -0.15) is 0 Å². The van der Waals surface area contributed by atoms with Gasteiger partial charge in [0.1, 0.15) is 5.60 Å². The third-order valence-electron chi connectivity index (χ3n) is 4.57. The topological polar surface area (TPSA) is 82.5 Å². The minimum Gasteiger partial charge on any atom is -0.353 e. The molecule has 0 aromatic carbocycles. The van der Waals surface area contributed by atoms with Crippen molar-refractivity contribution in [3.05, 3.63) is 33.1 Å². The van der Waals surface area contributed by atoms with Gasteiger partial charge >= 0.3 is 5.69 Å². The molecular weight excluding hydrogens is 300 g/mol. The van der Waals surface area contributed by atoms with Crippen molar-refractivity contribution in [1.29, 1.82) is 0 Å². The summed E-state index contributed by atoms with van der Waals surface area (Å²) in [5.74, 6) is 0. The van der Waals surface area contributed by atoms with Gasteiger partial charge in [-0.05, 0) is 32.6 Å². The molecule has 2 saturated heterocycles. The van der Waals surface area contributed by atoms with Gasteiger partial charge in [-0.1, -0.05) is 6.92 Å². The zero-order valence-corrected chi connectivity index (χ0v) is 13.6. The normalized spacial score (nSPS) is 34.6. The Morgan fingerprint density at radius 1 is 1.43 bits per heavy atom. The van der Waals surface area contributed by atoms with Crippen molar-refractivity contribution >= 4 is 0 Å². The first-order valence-corrected chi connectivity index (χ1v) is 8.28. The number of aromatic nitrogens is 2. The summed E-state index contributed by atoms with van der Waals surface area (Å²) in [5, 5.41) is 0. The standard InChI is InChI=1S/C16H24N2O5/c1-3-11-10-16(2,23-13-6-4-5-9-21-13)14(22-11)18-8-7-12(19)17-15(18)20/h7-8,11,13-14H,3-6,9-10H2,1-2H3,(H,17,19,20)/t11-,13?,14-,16-/m1/s1. The van der Waals surface area contributed by atoms with E-state index < -0.39 is 23.1 Å². The minimum absolute atomic E-state index is 0.00687. The second kappa shape index (κ2) is 6.59. The Kier molecular flexibility index (Phi) is 4.70. The van der Waals surface area contributed by atoms with Crippen LogP contribution in [0.4, 0.5) is 0 Å². The number of rotatable bonds is 4. The molecule has 23 heavy (non-hydrogen) atoms. The Balaban J connectivity index is 1.88. The third-order valence-corrected chi connectivity index (χ3v) is 4.57. The van der Waals surface area contributed by atoms with Crippen LogP contribution in [0.1, 0.15) is 52.2 Å². The van der Waals surface area contributed by atoms with Crippen LogP contribution in [-0.2, 0) is 14.2 Å². The molecule has 0 bridgehead atoms. The molecular formula is C16H24N2O5. The van der Waals surface area contributed by atoms with Gasteiger partial charge in [0.25, 0.3) is 5.56 Å². The molecule has 2 aliphatic rings. The van der Waals surface area contributed by atoms with E-state index >= 15 is 0 Å². The van der Waals surface area contributed by atoms with Crippen LogP contribution in [0.2, 0.25) is 0 Å². The first-order chi connectivity index (χ1) is 11.0. The fraction of sp³-hybridized carbons (Fsp3) is 0.750. The van der Waals surface area contributed by atoms with Crippen molar-refractivity contribution in [3.63, 3.8) is 0 Å². The first-order valence-electron chi connectivity index (χ1n) is 8.28. The molecule has 2 aliphatic heterocycles. The Bertz CT molecular complexity index is 648.